The molecule has 7 heteroatoms. The molecule has 1 rings (SSSR count). The molecule has 0 bridgehead atoms. The molecule has 0 spiro atoms. The first-order chi connectivity index (χ1) is 7.50. The SMILES string of the molecule is CC(C)(C)c1cc(=O)n(CC(F)(F)F)c(=O)[nH]1. The number of hydrogen-bond donors (Lipinski definition) is 1. The van der Waals surface area contributed by atoms with Crippen LogP contribution in [0.4, 0.5) is 13.2 Å². The first kappa shape index (κ1) is 13.5. The standard InChI is InChI=1S/C10H13F3N2O2/c1-9(2,3)6-4-7(16)15(8(17)14-6)5-10(11,12)13/h4H,5H2,1-3H3,(H,14,17). The van der Waals surface area contributed by atoms with Crippen LogP contribution in [0.2, 0.25) is 0 Å². The highest BCUT2D eigenvalue weighted by molar-refractivity contribution is 5.10. The Bertz CT molecular complexity index is 489. The normalized spacial score (nSPS) is 12.8. The fraction of sp³-hybridized carbons (Fsp3) is 0.600. The molecule has 17 heavy (non-hydrogen) atoms. The van der Waals surface area contributed by atoms with Crippen LogP contribution in [-0.2, 0) is 12.0 Å². The van der Waals surface area contributed by atoms with Gasteiger partial charge in [-0.2, -0.15) is 13.2 Å². The van der Waals surface area contributed by atoms with E-state index in [2.05, 4.69) is 4.98 Å². The van der Waals surface area contributed by atoms with Crippen LogP contribution >= 0.6 is 0 Å². The van der Waals surface area contributed by atoms with E-state index in [9.17, 15) is 22.8 Å². The first-order valence-corrected chi connectivity index (χ1v) is 4.92. The maximum atomic E-state index is 12.1. The van der Waals surface area contributed by atoms with Crippen LogP contribution in [0.1, 0.15) is 26.5 Å². The summed E-state index contributed by atoms with van der Waals surface area (Å²) in [5.74, 6) is 0. The topological polar surface area (TPSA) is 54.9 Å². The van der Waals surface area contributed by atoms with Crippen molar-refractivity contribution >= 4 is 0 Å². The Morgan fingerprint density at radius 2 is 1.76 bits per heavy atom. The predicted octanol–water partition coefficient (Wildman–Crippen LogP) is 1.40. The van der Waals surface area contributed by atoms with Crippen LogP contribution < -0.4 is 11.2 Å². The third-order valence-corrected chi connectivity index (χ3v) is 2.17. The van der Waals surface area contributed by atoms with Crippen molar-refractivity contribution in [2.75, 3.05) is 0 Å². The van der Waals surface area contributed by atoms with E-state index in [-0.39, 0.29) is 4.57 Å². The summed E-state index contributed by atoms with van der Waals surface area (Å²) in [6.07, 6.45) is -4.60. The van der Waals surface area contributed by atoms with Crippen LogP contribution in [0.3, 0.4) is 0 Å². The molecule has 0 atom stereocenters. The Morgan fingerprint density at radius 3 is 2.12 bits per heavy atom. The van der Waals surface area contributed by atoms with Crippen LogP contribution in [0.25, 0.3) is 0 Å². The van der Waals surface area contributed by atoms with Crippen molar-refractivity contribution in [2.24, 2.45) is 0 Å². The van der Waals surface area contributed by atoms with Gasteiger partial charge in [0.25, 0.3) is 5.56 Å². The molecule has 1 heterocycles. The fourth-order valence-corrected chi connectivity index (χ4v) is 1.25. The number of H-pyrrole nitrogens is 1. The lowest BCUT2D eigenvalue weighted by Gasteiger charge is -2.18. The Kier molecular flexibility index (Phi) is 3.22. The first-order valence-electron chi connectivity index (χ1n) is 4.92. The molecule has 96 valence electrons. The number of rotatable bonds is 1. The van der Waals surface area contributed by atoms with Gasteiger partial charge in [-0.15, -0.1) is 0 Å². The lowest BCUT2D eigenvalue weighted by Crippen LogP contribution is -2.41. The molecular weight excluding hydrogens is 237 g/mol. The number of aromatic amines is 1. The third kappa shape index (κ3) is 3.47. The fourth-order valence-electron chi connectivity index (χ4n) is 1.25. The van der Waals surface area contributed by atoms with Gasteiger partial charge >= 0.3 is 11.9 Å². The van der Waals surface area contributed by atoms with Crippen molar-refractivity contribution < 1.29 is 13.2 Å². The van der Waals surface area contributed by atoms with Gasteiger partial charge in [-0.3, -0.25) is 9.36 Å². The van der Waals surface area contributed by atoms with Gasteiger partial charge in [0.05, 0.1) is 0 Å². The van der Waals surface area contributed by atoms with Gasteiger partial charge in [0.15, 0.2) is 0 Å². The van der Waals surface area contributed by atoms with Crippen LogP contribution in [0, 0.1) is 0 Å². The van der Waals surface area contributed by atoms with Crippen molar-refractivity contribution in [3.05, 3.63) is 32.6 Å². The van der Waals surface area contributed by atoms with Gasteiger partial charge in [0.1, 0.15) is 6.54 Å². The Hall–Kier alpha value is -1.53. The molecule has 1 aromatic rings. The van der Waals surface area contributed by atoms with E-state index in [0.29, 0.717) is 5.69 Å². The van der Waals surface area contributed by atoms with E-state index in [4.69, 9.17) is 0 Å². The summed E-state index contributed by atoms with van der Waals surface area (Å²) in [7, 11) is 0. The van der Waals surface area contributed by atoms with Crippen molar-refractivity contribution in [3.8, 4) is 0 Å². The maximum Gasteiger partial charge on any atom is 0.406 e. The second kappa shape index (κ2) is 4.05. The van der Waals surface area contributed by atoms with Crippen molar-refractivity contribution in [2.45, 2.75) is 38.9 Å². The highest BCUT2D eigenvalue weighted by Crippen LogP contribution is 2.18. The van der Waals surface area contributed by atoms with E-state index >= 15 is 0 Å². The number of nitrogens with zero attached hydrogens (tertiary/aromatic N) is 1. The molecule has 0 saturated heterocycles. The van der Waals surface area contributed by atoms with Gasteiger partial charge < -0.3 is 4.98 Å². The molecule has 0 aliphatic heterocycles. The molecule has 0 saturated carbocycles. The Morgan fingerprint density at radius 1 is 1.24 bits per heavy atom. The predicted molar refractivity (Wildman–Crippen MR) is 56.1 cm³/mol. The van der Waals surface area contributed by atoms with Crippen molar-refractivity contribution in [1.29, 1.82) is 0 Å². The number of halogens is 3. The summed E-state index contributed by atoms with van der Waals surface area (Å²) in [4.78, 5) is 25.1. The van der Waals surface area contributed by atoms with E-state index < -0.39 is 29.4 Å². The van der Waals surface area contributed by atoms with E-state index in [1.807, 2.05) is 0 Å². The summed E-state index contributed by atoms with van der Waals surface area (Å²) >= 11 is 0. The lowest BCUT2D eigenvalue weighted by molar-refractivity contribution is -0.141. The number of alkyl halides is 3. The quantitative estimate of drug-likeness (QED) is 0.819. The zero-order valence-electron chi connectivity index (χ0n) is 9.68. The summed E-state index contributed by atoms with van der Waals surface area (Å²) in [5.41, 5.74) is -2.18. The Labute approximate surface area is 95.1 Å². The summed E-state index contributed by atoms with van der Waals surface area (Å²) < 4.78 is 36.5. The second-order valence-electron chi connectivity index (χ2n) is 4.78. The molecular formula is C10H13F3N2O2. The highest BCUT2D eigenvalue weighted by Gasteiger charge is 2.30. The van der Waals surface area contributed by atoms with Crippen LogP contribution in [0.5, 0.6) is 0 Å². The van der Waals surface area contributed by atoms with Gasteiger partial charge in [0, 0.05) is 17.2 Å². The third-order valence-electron chi connectivity index (χ3n) is 2.17. The summed E-state index contributed by atoms with van der Waals surface area (Å²) in [6, 6.07) is 1.02. The summed E-state index contributed by atoms with van der Waals surface area (Å²) in [5, 5.41) is 0. The van der Waals surface area contributed by atoms with Crippen LogP contribution in [0.15, 0.2) is 15.7 Å². The molecule has 0 fully saturated rings. The van der Waals surface area contributed by atoms with Gasteiger partial charge in [0.2, 0.25) is 0 Å². The molecule has 0 unspecified atom stereocenters. The lowest BCUT2D eigenvalue weighted by atomic mass is 9.92. The van der Waals surface area contributed by atoms with E-state index in [1.165, 1.54) is 0 Å². The molecule has 0 aliphatic carbocycles. The molecule has 1 N–H and O–H groups in total. The number of aromatic nitrogens is 2. The minimum absolute atomic E-state index is 0.134. The maximum absolute atomic E-state index is 12.1. The average molecular weight is 250 g/mol. The van der Waals surface area contributed by atoms with Gasteiger partial charge in [-0.05, 0) is 0 Å². The number of nitrogens with one attached hydrogen (secondary N) is 1. The van der Waals surface area contributed by atoms with Crippen molar-refractivity contribution in [3.63, 3.8) is 0 Å². The molecule has 1 aromatic heterocycles. The molecule has 4 nitrogen and oxygen atoms in total. The largest absolute Gasteiger partial charge is 0.406 e. The van der Waals surface area contributed by atoms with E-state index in [1.54, 1.807) is 20.8 Å². The van der Waals surface area contributed by atoms with Gasteiger partial charge in [-0.1, -0.05) is 20.8 Å². The van der Waals surface area contributed by atoms with Crippen molar-refractivity contribution in [1.82, 2.24) is 9.55 Å². The Balaban J connectivity index is 3.31. The second-order valence-corrected chi connectivity index (χ2v) is 4.78. The van der Waals surface area contributed by atoms with Gasteiger partial charge in [-0.25, -0.2) is 4.79 Å². The highest BCUT2D eigenvalue weighted by atomic mass is 19.4. The van der Waals surface area contributed by atoms with Crippen LogP contribution in [-0.4, -0.2) is 15.7 Å². The number of hydrogen-bond acceptors (Lipinski definition) is 2. The average Bonchev–Trinajstić information content (AvgIpc) is 2.07. The molecule has 0 aliphatic rings. The molecule has 0 aromatic carbocycles. The molecule has 0 amide bonds. The zero-order valence-corrected chi connectivity index (χ0v) is 9.68. The zero-order chi connectivity index (χ0) is 13.4. The van der Waals surface area contributed by atoms with E-state index in [0.717, 1.165) is 6.07 Å². The monoisotopic (exact) mass is 250 g/mol. The molecule has 0 radical (unpaired) electrons. The smallest absolute Gasteiger partial charge is 0.311 e. The minimum atomic E-state index is -4.60. The summed E-state index contributed by atoms with van der Waals surface area (Å²) in [6.45, 7) is 3.65. The minimum Gasteiger partial charge on any atom is -0.311 e.